The van der Waals surface area contributed by atoms with Crippen LogP contribution in [0, 0.1) is 0 Å². The van der Waals surface area contributed by atoms with Crippen LogP contribution < -0.4 is 5.32 Å². The summed E-state index contributed by atoms with van der Waals surface area (Å²) < 4.78 is 0.994. The lowest BCUT2D eigenvalue weighted by Crippen LogP contribution is -2.53. The van der Waals surface area contributed by atoms with Crippen molar-refractivity contribution in [3.63, 3.8) is 0 Å². The Morgan fingerprint density at radius 3 is 2.43 bits per heavy atom. The molecule has 1 aliphatic rings. The first-order valence-corrected chi connectivity index (χ1v) is 8.62. The third-order valence-electron chi connectivity index (χ3n) is 3.72. The van der Waals surface area contributed by atoms with Crippen molar-refractivity contribution >= 4 is 45.2 Å². The molecule has 1 amide bonds. The molecule has 0 spiro atoms. The Morgan fingerprint density at radius 2 is 1.90 bits per heavy atom. The molecule has 1 aliphatic carbocycles. The van der Waals surface area contributed by atoms with Crippen LogP contribution in [0.15, 0.2) is 22.0 Å². The fourth-order valence-corrected chi connectivity index (χ4v) is 3.90. The number of hydrogen-bond acceptors (Lipinski definition) is 3. The lowest BCUT2D eigenvalue weighted by molar-refractivity contribution is -0.147. The maximum absolute atomic E-state index is 12.0. The highest BCUT2D eigenvalue weighted by atomic mass is 79.9. The van der Waals surface area contributed by atoms with E-state index in [1.165, 1.54) is 17.4 Å². The summed E-state index contributed by atoms with van der Waals surface area (Å²) in [5.74, 6) is -1.27. The molecule has 1 saturated carbocycles. The molecule has 0 bridgehead atoms. The van der Waals surface area contributed by atoms with Crippen LogP contribution in [0.4, 0.5) is 0 Å². The summed E-state index contributed by atoms with van der Waals surface area (Å²) in [4.78, 5) is 24.6. The quantitative estimate of drug-likeness (QED) is 0.624. The maximum atomic E-state index is 12.0. The topological polar surface area (TPSA) is 66.4 Å². The number of amides is 1. The van der Waals surface area contributed by atoms with Crippen LogP contribution in [0.1, 0.15) is 43.4 Å². The number of halogens is 1. The highest BCUT2D eigenvalue weighted by molar-refractivity contribution is 9.11. The first kappa shape index (κ1) is 16.2. The van der Waals surface area contributed by atoms with E-state index in [0.717, 1.165) is 34.3 Å². The Bertz CT molecular complexity index is 545. The maximum Gasteiger partial charge on any atom is 0.329 e. The number of carboxylic acid groups (broad SMARTS) is 1. The molecule has 0 atom stereocenters. The smallest absolute Gasteiger partial charge is 0.329 e. The normalized spacial score (nSPS) is 18.3. The first-order valence-electron chi connectivity index (χ1n) is 7.01. The number of nitrogens with one attached hydrogen (secondary N) is 1. The second-order valence-electron chi connectivity index (χ2n) is 5.27. The number of thiophene rings is 1. The molecule has 0 radical (unpaired) electrons. The molecule has 0 aliphatic heterocycles. The minimum Gasteiger partial charge on any atom is -0.480 e. The van der Waals surface area contributed by atoms with Crippen molar-refractivity contribution in [1.29, 1.82) is 0 Å². The Labute approximate surface area is 136 Å². The number of rotatable bonds is 4. The van der Waals surface area contributed by atoms with Crippen molar-refractivity contribution < 1.29 is 14.7 Å². The van der Waals surface area contributed by atoms with Crippen molar-refractivity contribution in [3.8, 4) is 0 Å². The molecule has 114 valence electrons. The number of carbonyl (C=O) groups is 2. The number of carboxylic acids is 1. The second kappa shape index (κ2) is 7.22. The molecule has 1 fully saturated rings. The molecule has 0 unspecified atom stereocenters. The summed E-state index contributed by atoms with van der Waals surface area (Å²) in [6.45, 7) is 0. The molecule has 2 rings (SSSR count). The standard InChI is InChI=1S/C15H18BrNO3S/c16-12-7-5-11(21-12)6-8-13(18)17-15(14(19)20)9-3-1-2-4-10-15/h5-8H,1-4,9-10H2,(H,17,18)(H,19,20). The fourth-order valence-electron chi connectivity index (χ4n) is 2.58. The summed E-state index contributed by atoms with van der Waals surface area (Å²) in [5.41, 5.74) is -1.10. The average molecular weight is 372 g/mol. The van der Waals surface area contributed by atoms with Crippen molar-refractivity contribution in [1.82, 2.24) is 5.32 Å². The molecule has 0 aromatic carbocycles. The van der Waals surface area contributed by atoms with Gasteiger partial charge in [-0.1, -0.05) is 25.7 Å². The zero-order valence-corrected chi connectivity index (χ0v) is 14.0. The van der Waals surface area contributed by atoms with Gasteiger partial charge in [0.05, 0.1) is 3.79 Å². The van der Waals surface area contributed by atoms with E-state index < -0.39 is 11.5 Å². The SMILES string of the molecule is O=C(C=Cc1ccc(Br)s1)NC1(C(=O)O)CCCCCC1. The van der Waals surface area contributed by atoms with Crippen LogP contribution in [0.2, 0.25) is 0 Å². The van der Waals surface area contributed by atoms with Crippen molar-refractivity contribution in [2.45, 2.75) is 44.1 Å². The van der Waals surface area contributed by atoms with Gasteiger partial charge >= 0.3 is 5.97 Å². The predicted octanol–water partition coefficient (Wildman–Crippen LogP) is 3.82. The monoisotopic (exact) mass is 371 g/mol. The molecule has 1 aromatic rings. The van der Waals surface area contributed by atoms with Crippen molar-refractivity contribution in [2.75, 3.05) is 0 Å². The van der Waals surface area contributed by atoms with Gasteiger partial charge in [-0.2, -0.15) is 0 Å². The largest absolute Gasteiger partial charge is 0.480 e. The van der Waals surface area contributed by atoms with Crippen LogP contribution in [0.25, 0.3) is 6.08 Å². The van der Waals surface area contributed by atoms with E-state index in [-0.39, 0.29) is 5.91 Å². The second-order valence-corrected chi connectivity index (χ2v) is 7.76. The molecular formula is C15H18BrNO3S. The van der Waals surface area contributed by atoms with Crippen LogP contribution in [-0.4, -0.2) is 22.5 Å². The van der Waals surface area contributed by atoms with Gasteiger partial charge in [0.25, 0.3) is 0 Å². The van der Waals surface area contributed by atoms with E-state index in [1.807, 2.05) is 12.1 Å². The van der Waals surface area contributed by atoms with Gasteiger partial charge in [0.1, 0.15) is 5.54 Å². The van der Waals surface area contributed by atoms with Gasteiger partial charge in [0.2, 0.25) is 5.91 Å². The zero-order chi connectivity index (χ0) is 15.3. The Balaban J connectivity index is 2.04. The minimum absolute atomic E-state index is 0.344. The highest BCUT2D eigenvalue weighted by Gasteiger charge is 2.39. The molecule has 21 heavy (non-hydrogen) atoms. The number of aliphatic carboxylic acids is 1. The van der Waals surface area contributed by atoms with E-state index in [9.17, 15) is 14.7 Å². The van der Waals surface area contributed by atoms with Gasteiger partial charge in [-0.25, -0.2) is 4.79 Å². The van der Waals surface area contributed by atoms with E-state index in [0.29, 0.717) is 12.8 Å². The van der Waals surface area contributed by atoms with Crippen molar-refractivity contribution in [2.24, 2.45) is 0 Å². The summed E-state index contributed by atoms with van der Waals surface area (Å²) in [7, 11) is 0. The van der Waals surface area contributed by atoms with E-state index in [1.54, 1.807) is 6.08 Å². The summed E-state index contributed by atoms with van der Waals surface area (Å²) in [5, 5.41) is 12.2. The molecule has 1 heterocycles. The Morgan fingerprint density at radius 1 is 1.24 bits per heavy atom. The summed E-state index contributed by atoms with van der Waals surface area (Å²) >= 11 is 4.88. The molecule has 0 saturated heterocycles. The minimum atomic E-state index is -1.10. The molecule has 4 nitrogen and oxygen atoms in total. The molecule has 2 N–H and O–H groups in total. The average Bonchev–Trinajstić information content (AvgIpc) is 2.71. The lowest BCUT2D eigenvalue weighted by Gasteiger charge is -2.28. The molecule has 1 aromatic heterocycles. The van der Waals surface area contributed by atoms with Crippen LogP contribution >= 0.6 is 27.3 Å². The molecule has 6 heteroatoms. The van der Waals surface area contributed by atoms with E-state index in [2.05, 4.69) is 21.2 Å². The lowest BCUT2D eigenvalue weighted by atomic mass is 9.90. The summed E-state index contributed by atoms with van der Waals surface area (Å²) in [6.07, 6.45) is 7.88. The number of hydrogen-bond donors (Lipinski definition) is 2. The fraction of sp³-hybridized carbons (Fsp3) is 0.467. The van der Waals surface area contributed by atoms with Gasteiger partial charge in [-0.05, 0) is 47.0 Å². The van der Waals surface area contributed by atoms with Crippen LogP contribution in [-0.2, 0) is 9.59 Å². The van der Waals surface area contributed by atoms with Gasteiger partial charge in [-0.3, -0.25) is 4.79 Å². The first-order chi connectivity index (χ1) is 10.0. The van der Waals surface area contributed by atoms with Gasteiger partial charge in [0.15, 0.2) is 0 Å². The predicted molar refractivity (Wildman–Crippen MR) is 87.3 cm³/mol. The van der Waals surface area contributed by atoms with Gasteiger partial charge < -0.3 is 10.4 Å². The van der Waals surface area contributed by atoms with Crippen LogP contribution in [0.5, 0.6) is 0 Å². The zero-order valence-electron chi connectivity index (χ0n) is 11.6. The highest BCUT2D eigenvalue weighted by Crippen LogP contribution is 2.28. The third kappa shape index (κ3) is 4.41. The molecular weight excluding hydrogens is 354 g/mol. The number of carbonyl (C=O) groups excluding carboxylic acids is 1. The van der Waals surface area contributed by atoms with E-state index >= 15 is 0 Å². The van der Waals surface area contributed by atoms with Gasteiger partial charge in [0, 0.05) is 11.0 Å². The van der Waals surface area contributed by atoms with E-state index in [4.69, 9.17) is 0 Å². The Kier molecular flexibility index (Phi) is 5.58. The summed E-state index contributed by atoms with van der Waals surface area (Å²) in [6, 6.07) is 3.81. The van der Waals surface area contributed by atoms with Crippen LogP contribution in [0.3, 0.4) is 0 Å². The van der Waals surface area contributed by atoms with Gasteiger partial charge in [-0.15, -0.1) is 11.3 Å². The Hall–Kier alpha value is -1.14. The van der Waals surface area contributed by atoms with Crippen molar-refractivity contribution in [3.05, 3.63) is 26.9 Å². The third-order valence-corrected chi connectivity index (χ3v) is 5.31.